The number of hydrogen-bond donors (Lipinski definition) is 1. The first kappa shape index (κ1) is 6.15. The molecule has 1 N–H and O–H groups in total. The van der Waals surface area contributed by atoms with E-state index in [0.717, 1.165) is 5.01 Å². The van der Waals surface area contributed by atoms with Crippen LogP contribution in [-0.2, 0) is 4.79 Å². The van der Waals surface area contributed by atoms with Gasteiger partial charge in [-0.3, -0.25) is 5.01 Å². The van der Waals surface area contributed by atoms with Crippen LogP contribution in [-0.4, -0.2) is 36.1 Å². The molecule has 0 rings (SSSR count). The van der Waals surface area contributed by atoms with Crippen molar-refractivity contribution in [1.29, 1.82) is 0 Å². The van der Waals surface area contributed by atoms with Gasteiger partial charge in [0.25, 0.3) is 0 Å². The van der Waals surface area contributed by atoms with E-state index >= 15 is 0 Å². The van der Waals surface area contributed by atoms with Gasteiger partial charge in [-0.25, -0.2) is 0 Å². The van der Waals surface area contributed by atoms with Crippen LogP contribution in [0.2, 0.25) is 0 Å². The van der Waals surface area contributed by atoms with Crippen LogP contribution in [0.1, 0.15) is 1.37 Å². The second-order valence-electron chi connectivity index (χ2n) is 1.34. The summed E-state index contributed by atoms with van der Waals surface area (Å²) in [6.07, 6.45) is -0.895. The third kappa shape index (κ3) is 3.60. The van der Waals surface area contributed by atoms with E-state index in [1.165, 1.54) is 0 Å². The summed E-state index contributed by atoms with van der Waals surface area (Å²) >= 11 is 0. The van der Waals surface area contributed by atoms with Crippen LogP contribution in [0.25, 0.3) is 0 Å². The first-order valence-corrected chi connectivity index (χ1v) is 2.39. The van der Waals surface area contributed by atoms with Gasteiger partial charge in [0.05, 0.1) is 25.0 Å². The van der Waals surface area contributed by atoms with Crippen molar-refractivity contribution in [3.05, 3.63) is 4.91 Å². The van der Waals surface area contributed by atoms with Gasteiger partial charge in [-0.05, 0) is 0 Å². The highest BCUT2D eigenvalue weighted by atomic mass is 16.3. The highest BCUT2D eigenvalue weighted by Gasteiger charge is 1.97. The standard InChI is InChI=1S/C4H8N2O3/c7-3-1-6(5-9)2-4-8/h3,8H,1-2,4H2/i3D. The number of carbonyl (C=O) groups is 1. The minimum absolute atomic E-state index is 0.00583. The number of hydrogen-bond acceptors (Lipinski definition) is 4. The van der Waals surface area contributed by atoms with Crippen LogP contribution in [0.15, 0.2) is 5.29 Å². The Balaban J connectivity index is 3.59. The van der Waals surface area contributed by atoms with Gasteiger partial charge in [-0.15, -0.1) is 4.91 Å². The summed E-state index contributed by atoms with van der Waals surface area (Å²) in [7, 11) is 0. The van der Waals surface area contributed by atoms with Crippen molar-refractivity contribution in [1.82, 2.24) is 5.01 Å². The zero-order valence-electron chi connectivity index (χ0n) is 5.78. The molecule has 0 aliphatic carbocycles. The van der Waals surface area contributed by atoms with Crippen molar-refractivity contribution in [2.24, 2.45) is 5.29 Å². The van der Waals surface area contributed by atoms with E-state index < -0.39 is 6.26 Å². The molecule has 52 valence electrons. The lowest BCUT2D eigenvalue weighted by atomic mass is 10.6. The lowest BCUT2D eigenvalue weighted by Crippen LogP contribution is -2.22. The zero-order valence-corrected chi connectivity index (χ0v) is 4.78. The van der Waals surface area contributed by atoms with Crippen LogP contribution >= 0.6 is 0 Å². The maximum Gasteiger partial charge on any atom is 0.141 e. The quantitative estimate of drug-likeness (QED) is 0.301. The number of nitrogens with zero attached hydrogens (tertiary/aromatic N) is 2. The summed E-state index contributed by atoms with van der Waals surface area (Å²) in [6, 6.07) is 0. The number of aliphatic hydroxyl groups is 1. The van der Waals surface area contributed by atoms with Gasteiger partial charge < -0.3 is 9.90 Å². The highest BCUT2D eigenvalue weighted by Crippen LogP contribution is 1.82. The summed E-state index contributed by atoms with van der Waals surface area (Å²) < 4.78 is 6.43. The van der Waals surface area contributed by atoms with Crippen molar-refractivity contribution in [2.75, 3.05) is 19.7 Å². The van der Waals surface area contributed by atoms with E-state index in [1.807, 2.05) is 0 Å². The van der Waals surface area contributed by atoms with Crippen molar-refractivity contribution in [2.45, 2.75) is 0 Å². The molecule has 0 heterocycles. The Morgan fingerprint density at radius 2 is 2.56 bits per heavy atom. The van der Waals surface area contributed by atoms with Crippen LogP contribution in [0.5, 0.6) is 0 Å². The molecule has 0 atom stereocenters. The van der Waals surface area contributed by atoms with E-state index in [2.05, 4.69) is 5.29 Å². The van der Waals surface area contributed by atoms with Crippen LogP contribution < -0.4 is 0 Å². The van der Waals surface area contributed by atoms with Gasteiger partial charge >= 0.3 is 0 Å². The third-order valence-corrected chi connectivity index (χ3v) is 0.721. The molecule has 0 aliphatic heterocycles. The summed E-state index contributed by atoms with van der Waals surface area (Å²) in [5.74, 6) is 0. The van der Waals surface area contributed by atoms with Gasteiger partial charge in [0.1, 0.15) is 7.63 Å². The fourth-order valence-electron chi connectivity index (χ4n) is 0.339. The average Bonchev–Trinajstić information content (AvgIpc) is 1.86. The Kier molecular flexibility index (Phi) is 3.54. The molecule has 0 saturated heterocycles. The number of nitroso groups, excluding NO2 is 1. The maximum atomic E-state index is 10.0. The van der Waals surface area contributed by atoms with E-state index in [4.69, 9.17) is 6.48 Å². The van der Waals surface area contributed by atoms with Gasteiger partial charge in [0, 0.05) is 0 Å². The largest absolute Gasteiger partial charge is 0.394 e. The van der Waals surface area contributed by atoms with Crippen LogP contribution in [0, 0.1) is 4.91 Å². The molecule has 0 amide bonds. The zero-order chi connectivity index (χ0) is 7.98. The number of aliphatic hydroxyl groups excluding tert-OH is 1. The Morgan fingerprint density at radius 3 is 2.89 bits per heavy atom. The Bertz CT molecular complexity index is 130. The Labute approximate surface area is 53.6 Å². The molecule has 0 fully saturated rings. The van der Waals surface area contributed by atoms with Crippen molar-refractivity contribution in [3.63, 3.8) is 0 Å². The second kappa shape index (κ2) is 5.17. The van der Waals surface area contributed by atoms with E-state index in [1.54, 1.807) is 0 Å². The van der Waals surface area contributed by atoms with E-state index in [-0.39, 0.29) is 19.7 Å². The van der Waals surface area contributed by atoms with E-state index in [9.17, 15) is 9.70 Å². The molecule has 5 nitrogen and oxygen atoms in total. The number of carbonyl (C=O) groups excluding carboxylic acids is 1. The molecule has 0 spiro atoms. The summed E-state index contributed by atoms with van der Waals surface area (Å²) in [6.45, 7) is -0.614. The predicted molar refractivity (Wildman–Crippen MR) is 30.5 cm³/mol. The molecule has 0 aromatic rings. The van der Waals surface area contributed by atoms with Crippen molar-refractivity contribution >= 4 is 6.26 Å². The first-order valence-electron chi connectivity index (χ1n) is 2.89. The SMILES string of the molecule is [2H]C(=O)CN(CCO)N=O. The third-order valence-electron chi connectivity index (χ3n) is 0.721. The number of rotatable bonds is 5. The lowest BCUT2D eigenvalue weighted by molar-refractivity contribution is -0.109. The molecule has 5 heteroatoms. The Hall–Kier alpha value is -0.970. The van der Waals surface area contributed by atoms with Crippen molar-refractivity contribution in [3.8, 4) is 0 Å². The van der Waals surface area contributed by atoms with Gasteiger partial charge in [0.2, 0.25) is 0 Å². The molecule has 0 aromatic heterocycles. The Morgan fingerprint density at radius 1 is 1.89 bits per heavy atom. The molecule has 9 heavy (non-hydrogen) atoms. The first-order chi connectivity index (χ1) is 4.70. The minimum atomic E-state index is -0.895. The smallest absolute Gasteiger partial charge is 0.141 e. The molecule has 0 aromatic carbocycles. The summed E-state index contributed by atoms with van der Waals surface area (Å²) in [4.78, 5) is 19.8. The summed E-state index contributed by atoms with van der Waals surface area (Å²) in [5.41, 5.74) is 0. The molecule has 0 unspecified atom stereocenters. The van der Waals surface area contributed by atoms with Crippen LogP contribution in [0.4, 0.5) is 0 Å². The number of aldehydes is 1. The topological polar surface area (TPSA) is 70.0 Å². The predicted octanol–water partition coefficient (Wildman–Crippen LogP) is -0.839. The fraction of sp³-hybridized carbons (Fsp3) is 0.750. The van der Waals surface area contributed by atoms with Crippen molar-refractivity contribution < 1.29 is 11.3 Å². The van der Waals surface area contributed by atoms with Gasteiger partial charge in [0.15, 0.2) is 0 Å². The minimum Gasteiger partial charge on any atom is -0.394 e. The molecular weight excluding hydrogens is 124 g/mol. The van der Waals surface area contributed by atoms with E-state index in [0.29, 0.717) is 0 Å². The second-order valence-corrected chi connectivity index (χ2v) is 1.34. The lowest BCUT2D eigenvalue weighted by Gasteiger charge is -2.07. The molecular formula is C4H8N2O3. The average molecular weight is 133 g/mol. The molecule has 0 bridgehead atoms. The molecule has 0 saturated carbocycles. The van der Waals surface area contributed by atoms with Gasteiger partial charge in [-0.2, -0.15) is 0 Å². The van der Waals surface area contributed by atoms with Crippen LogP contribution in [0.3, 0.4) is 0 Å². The monoisotopic (exact) mass is 133 g/mol. The normalized spacial score (nSPS) is 10.1. The fourth-order valence-corrected chi connectivity index (χ4v) is 0.339. The molecule has 0 aliphatic rings. The van der Waals surface area contributed by atoms with Gasteiger partial charge in [-0.1, -0.05) is 0 Å². The molecule has 0 radical (unpaired) electrons. The highest BCUT2D eigenvalue weighted by molar-refractivity contribution is 5.51. The maximum absolute atomic E-state index is 10.0. The summed E-state index contributed by atoms with van der Waals surface area (Å²) in [5, 5.41) is 11.5.